The zero-order chi connectivity index (χ0) is 25.6. The van der Waals surface area contributed by atoms with E-state index in [1.165, 1.54) is 36.4 Å². The number of nitrogens with zero attached hydrogens (tertiary/aromatic N) is 4. The molecule has 0 aliphatic rings. The molecule has 16 nitrogen and oxygen atoms in total. The minimum Gasteiger partial charge on any atom is -0.858 e. The van der Waals surface area contributed by atoms with Crippen molar-refractivity contribution < 1.29 is 59.1 Å². The van der Waals surface area contributed by atoms with E-state index in [2.05, 4.69) is 16.1 Å². The lowest BCUT2D eigenvalue weighted by molar-refractivity contribution is -0.518. The average molecular weight is 557 g/mol. The minimum atomic E-state index is -5.38. The largest absolute Gasteiger partial charge is 0.858 e. The SMILES string of the molecule is O=S(=O)(/N=C([O-])/C=C/C([O-])=N/S(=O)(=O)OS(=O)(=O)[n+]1ccccc1)OS(=O)(=O)[n+]1ccccc1. The van der Waals surface area contributed by atoms with E-state index >= 15 is 0 Å². The highest BCUT2D eigenvalue weighted by Crippen LogP contribution is 2.03. The first-order valence-electron chi connectivity index (χ1n) is 8.20. The van der Waals surface area contributed by atoms with Crippen molar-refractivity contribution in [2.45, 2.75) is 0 Å². The van der Waals surface area contributed by atoms with E-state index in [1.54, 1.807) is 0 Å². The van der Waals surface area contributed by atoms with Crippen molar-refractivity contribution in [2.75, 3.05) is 0 Å². The molecule has 0 fully saturated rings. The van der Waals surface area contributed by atoms with Crippen molar-refractivity contribution in [1.82, 2.24) is 0 Å². The van der Waals surface area contributed by atoms with Crippen LogP contribution in [-0.4, -0.2) is 45.5 Å². The molecule has 0 aliphatic carbocycles. The number of rotatable bonds is 10. The van der Waals surface area contributed by atoms with Crippen LogP contribution in [0.25, 0.3) is 0 Å². The van der Waals surface area contributed by atoms with Gasteiger partial charge in [-0.15, -0.1) is 16.8 Å². The molecule has 0 amide bonds. The van der Waals surface area contributed by atoms with Gasteiger partial charge in [-0.3, -0.25) is 0 Å². The summed E-state index contributed by atoms with van der Waals surface area (Å²) in [7, 11) is -20.6. The van der Waals surface area contributed by atoms with Crippen LogP contribution >= 0.6 is 0 Å². The van der Waals surface area contributed by atoms with Crippen LogP contribution in [0.5, 0.6) is 0 Å². The summed E-state index contributed by atoms with van der Waals surface area (Å²) in [6, 6.07) is 7.76. The summed E-state index contributed by atoms with van der Waals surface area (Å²) in [6.07, 6.45) is 3.89. The molecule has 2 rings (SSSR count). The Morgan fingerprint density at radius 1 is 0.588 bits per heavy atom. The fourth-order valence-corrected chi connectivity index (χ4v) is 5.79. The van der Waals surface area contributed by atoms with Gasteiger partial charge in [0, 0.05) is 36.1 Å². The maximum Gasteiger partial charge on any atom is 0.530 e. The molecule has 0 aromatic carbocycles. The monoisotopic (exact) mass is 556 g/mol. The molecule has 0 unspecified atom stereocenters. The molecule has 2 aromatic rings. The maximum atomic E-state index is 11.8. The Balaban J connectivity index is 2.15. The standard InChI is InChI=1S/C14H12N4O12S4/c19-13(15-31(21,22)29-33(25,26)17-9-3-1-4-10-17)7-8-14(20)16-32(23,24)30-34(27,28)18-11-5-2-6-12-18/h1-12H/b8-7+. The second-order valence-electron chi connectivity index (χ2n) is 5.51. The van der Waals surface area contributed by atoms with Crippen LogP contribution < -0.4 is 18.2 Å². The second kappa shape index (κ2) is 10.3. The highest BCUT2D eigenvalue weighted by Gasteiger charge is 2.31. The van der Waals surface area contributed by atoms with Crippen LogP contribution in [0, 0.1) is 0 Å². The Kier molecular flexibility index (Phi) is 8.18. The summed E-state index contributed by atoms with van der Waals surface area (Å²) in [6.45, 7) is 0. The van der Waals surface area contributed by atoms with Crippen LogP contribution in [0.4, 0.5) is 0 Å². The van der Waals surface area contributed by atoms with Gasteiger partial charge in [-0.25, -0.2) is 0 Å². The fraction of sp³-hybridized carbons (Fsp3) is 0. The van der Waals surface area contributed by atoms with Crippen molar-refractivity contribution >= 4 is 53.0 Å². The Bertz CT molecular complexity index is 1430. The molecule has 0 N–H and O–H groups in total. The summed E-state index contributed by atoms with van der Waals surface area (Å²) in [5.41, 5.74) is 0. The van der Waals surface area contributed by atoms with E-state index in [0.717, 1.165) is 24.8 Å². The predicted octanol–water partition coefficient (Wildman–Crippen LogP) is -4.26. The van der Waals surface area contributed by atoms with Gasteiger partial charge in [0.2, 0.25) is 0 Å². The predicted molar refractivity (Wildman–Crippen MR) is 106 cm³/mol. The molecule has 2 heterocycles. The summed E-state index contributed by atoms with van der Waals surface area (Å²) >= 11 is 0. The van der Waals surface area contributed by atoms with Gasteiger partial charge < -0.3 is 10.2 Å². The van der Waals surface area contributed by atoms with Gasteiger partial charge in [0.05, 0.1) is 0 Å². The van der Waals surface area contributed by atoms with Gasteiger partial charge in [-0.05, 0) is 12.2 Å². The molecular formula is C14H12N4O12S4. The van der Waals surface area contributed by atoms with Crippen molar-refractivity contribution in [3.8, 4) is 0 Å². The van der Waals surface area contributed by atoms with Gasteiger partial charge in [-0.1, -0.05) is 27.3 Å². The van der Waals surface area contributed by atoms with Gasteiger partial charge in [-0.2, -0.15) is 25.6 Å². The molecule has 0 spiro atoms. The zero-order valence-electron chi connectivity index (χ0n) is 16.2. The average Bonchev–Trinajstić information content (AvgIpc) is 2.71. The normalized spacial score (nSPS) is 14.4. The van der Waals surface area contributed by atoms with Crippen LogP contribution in [0.1, 0.15) is 0 Å². The fourth-order valence-electron chi connectivity index (χ4n) is 1.81. The first-order valence-corrected chi connectivity index (χ1v) is 13.7. The molecule has 184 valence electrons. The molecule has 0 saturated carbocycles. The summed E-state index contributed by atoms with van der Waals surface area (Å²) < 4.78 is 107. The first-order chi connectivity index (χ1) is 15.6. The Hall–Kier alpha value is -3.30. The Morgan fingerprint density at radius 2 is 0.882 bits per heavy atom. The minimum absolute atomic E-state index is 0.102. The van der Waals surface area contributed by atoms with Crippen LogP contribution in [0.3, 0.4) is 0 Å². The number of hydrogen-bond acceptors (Lipinski definition) is 12. The Labute approximate surface area is 194 Å². The molecular weight excluding hydrogens is 544 g/mol. The van der Waals surface area contributed by atoms with Crippen molar-refractivity contribution in [1.29, 1.82) is 0 Å². The smallest absolute Gasteiger partial charge is 0.530 e. The lowest BCUT2D eigenvalue weighted by atomic mass is 10.5. The molecule has 34 heavy (non-hydrogen) atoms. The molecule has 0 bridgehead atoms. The van der Waals surface area contributed by atoms with Gasteiger partial charge >= 0.3 is 41.2 Å². The van der Waals surface area contributed by atoms with E-state index in [-0.39, 0.29) is 12.2 Å². The van der Waals surface area contributed by atoms with Crippen molar-refractivity contribution in [2.24, 2.45) is 8.80 Å². The zero-order valence-corrected chi connectivity index (χ0v) is 19.5. The highest BCUT2D eigenvalue weighted by atomic mass is 32.3. The lowest BCUT2D eigenvalue weighted by Crippen LogP contribution is -2.44. The third-order valence-electron chi connectivity index (χ3n) is 3.01. The van der Waals surface area contributed by atoms with Crippen LogP contribution in [0.2, 0.25) is 0 Å². The van der Waals surface area contributed by atoms with Crippen LogP contribution in [-0.2, 0) is 48.5 Å². The number of hydrogen-bond donors (Lipinski definition) is 0. The van der Waals surface area contributed by atoms with Gasteiger partial charge in [0.1, 0.15) is 0 Å². The molecule has 2 aromatic heterocycles. The lowest BCUT2D eigenvalue weighted by Gasteiger charge is -2.07. The van der Waals surface area contributed by atoms with Crippen LogP contribution in [0.15, 0.2) is 82.1 Å². The van der Waals surface area contributed by atoms with Crippen molar-refractivity contribution in [3.05, 3.63) is 73.3 Å². The van der Waals surface area contributed by atoms with E-state index in [1.807, 2.05) is 0 Å². The quantitative estimate of drug-likeness (QED) is 0.154. The summed E-state index contributed by atoms with van der Waals surface area (Å²) in [4.78, 5) is 0. The molecule has 0 atom stereocenters. The third-order valence-corrected chi connectivity index (χ3v) is 8.09. The van der Waals surface area contributed by atoms with Crippen molar-refractivity contribution in [3.63, 3.8) is 0 Å². The highest BCUT2D eigenvalue weighted by molar-refractivity contribution is 7.96. The van der Waals surface area contributed by atoms with Gasteiger partial charge in [0.25, 0.3) is 0 Å². The maximum absolute atomic E-state index is 11.8. The molecule has 0 radical (unpaired) electrons. The van der Waals surface area contributed by atoms with E-state index in [0.29, 0.717) is 7.94 Å². The van der Waals surface area contributed by atoms with E-state index in [4.69, 9.17) is 0 Å². The molecule has 0 aliphatic heterocycles. The summed E-state index contributed by atoms with van der Waals surface area (Å²) in [5, 5.41) is 23.2. The van der Waals surface area contributed by atoms with E-state index in [9.17, 15) is 43.9 Å². The number of pyridine rings is 2. The topological polar surface area (TPSA) is 234 Å². The number of aromatic nitrogens is 2. The third kappa shape index (κ3) is 8.24. The summed E-state index contributed by atoms with van der Waals surface area (Å²) in [5.74, 6) is -3.52. The molecule has 20 heteroatoms. The Morgan fingerprint density at radius 3 is 1.18 bits per heavy atom. The second-order valence-corrected chi connectivity index (χ2v) is 11.2. The molecule has 0 saturated heterocycles. The van der Waals surface area contributed by atoms with E-state index < -0.39 is 53.0 Å². The van der Waals surface area contributed by atoms with Gasteiger partial charge in [0.15, 0.2) is 24.8 Å². The first kappa shape index (κ1) is 26.9.